The van der Waals surface area contributed by atoms with Crippen LogP contribution in [0.2, 0.25) is 0 Å². The highest BCUT2D eigenvalue weighted by atomic mass is 16.5. The number of esters is 1. The van der Waals surface area contributed by atoms with E-state index in [1.54, 1.807) is 55.5 Å². The van der Waals surface area contributed by atoms with Crippen molar-refractivity contribution in [1.29, 1.82) is 0 Å². The highest BCUT2D eigenvalue weighted by Gasteiger charge is 2.67. The lowest BCUT2D eigenvalue weighted by Gasteiger charge is -2.37. The Balaban J connectivity index is 1.20. The molecule has 1 heterocycles. The molecule has 2 aromatic carbocycles. The van der Waals surface area contributed by atoms with E-state index in [2.05, 4.69) is 17.5 Å². The maximum Gasteiger partial charge on any atom is 0.338 e. The molecule has 4 aliphatic carbocycles. The van der Waals surface area contributed by atoms with Crippen molar-refractivity contribution < 1.29 is 23.9 Å². The van der Waals surface area contributed by atoms with Gasteiger partial charge in [0.1, 0.15) is 0 Å². The largest absolute Gasteiger partial charge is 0.462 e. The third-order valence-electron chi connectivity index (χ3n) is 7.68. The molecular formula is C27H24N2O5. The summed E-state index contributed by atoms with van der Waals surface area (Å²) < 4.78 is 4.97. The van der Waals surface area contributed by atoms with Gasteiger partial charge < -0.3 is 10.1 Å². The number of carbonyl (C=O) groups excluding carboxylic acids is 4. The monoisotopic (exact) mass is 456 g/mol. The van der Waals surface area contributed by atoms with Crippen molar-refractivity contribution in [2.24, 2.45) is 35.5 Å². The highest BCUT2D eigenvalue weighted by Crippen LogP contribution is 2.65. The number of nitrogens with zero attached hydrogens (tertiary/aromatic N) is 1. The topological polar surface area (TPSA) is 92.8 Å². The van der Waals surface area contributed by atoms with E-state index in [1.807, 2.05) is 0 Å². The fourth-order valence-corrected chi connectivity index (χ4v) is 6.11. The van der Waals surface area contributed by atoms with Gasteiger partial charge in [0, 0.05) is 11.3 Å². The van der Waals surface area contributed by atoms with Gasteiger partial charge in [-0.15, -0.1) is 0 Å². The van der Waals surface area contributed by atoms with Crippen molar-refractivity contribution in [1.82, 2.24) is 0 Å². The minimum atomic E-state index is -0.422. The standard InChI is InChI=1S/C27H24N2O5/c1-2-34-27(33)14-6-8-16(9-7-14)28-24(30)15-4-3-5-17(12-15)29-25(31)22-18-10-11-19(21-13-20(18)21)23(22)26(29)32/h3-12,18-23H,2,13H2,1H3,(H,28,30). The van der Waals surface area contributed by atoms with Crippen LogP contribution in [0.15, 0.2) is 60.7 Å². The maximum absolute atomic E-state index is 13.3. The number of nitrogens with one attached hydrogen (secondary N) is 1. The van der Waals surface area contributed by atoms with E-state index in [0.29, 0.717) is 34.3 Å². The van der Waals surface area contributed by atoms with Crippen LogP contribution in [0, 0.1) is 35.5 Å². The van der Waals surface area contributed by atoms with Crippen LogP contribution in [0.5, 0.6) is 0 Å². The van der Waals surface area contributed by atoms with Gasteiger partial charge in [0.2, 0.25) is 11.8 Å². The lowest BCUT2D eigenvalue weighted by atomic mass is 9.63. The molecule has 0 aromatic heterocycles. The van der Waals surface area contributed by atoms with E-state index in [4.69, 9.17) is 4.74 Å². The highest BCUT2D eigenvalue weighted by molar-refractivity contribution is 6.23. The Labute approximate surface area is 196 Å². The van der Waals surface area contributed by atoms with Crippen LogP contribution in [-0.4, -0.2) is 30.3 Å². The first-order chi connectivity index (χ1) is 16.5. The summed E-state index contributed by atoms with van der Waals surface area (Å²) in [4.78, 5) is 52.7. The molecule has 2 saturated carbocycles. The van der Waals surface area contributed by atoms with Crippen LogP contribution in [0.4, 0.5) is 11.4 Å². The van der Waals surface area contributed by atoms with Gasteiger partial charge in [-0.1, -0.05) is 18.2 Å². The van der Waals surface area contributed by atoms with E-state index < -0.39 is 5.97 Å². The van der Waals surface area contributed by atoms with Crippen molar-refractivity contribution in [3.63, 3.8) is 0 Å². The molecule has 172 valence electrons. The molecule has 0 spiro atoms. The molecule has 2 aromatic rings. The molecule has 1 saturated heterocycles. The van der Waals surface area contributed by atoms with Gasteiger partial charge in [0.25, 0.3) is 5.91 Å². The normalized spacial score (nSPS) is 30.1. The summed E-state index contributed by atoms with van der Waals surface area (Å²) in [5, 5.41) is 2.79. The first kappa shape index (κ1) is 20.8. The average molecular weight is 456 g/mol. The van der Waals surface area contributed by atoms with Crippen molar-refractivity contribution >= 4 is 35.1 Å². The van der Waals surface area contributed by atoms with Gasteiger partial charge in [-0.05, 0) is 79.5 Å². The fourth-order valence-electron chi connectivity index (χ4n) is 6.11. The number of ether oxygens (including phenoxy) is 1. The summed E-state index contributed by atoms with van der Waals surface area (Å²) in [6.45, 7) is 2.03. The Morgan fingerprint density at radius 1 is 0.941 bits per heavy atom. The number of benzene rings is 2. The van der Waals surface area contributed by atoms with Crippen LogP contribution < -0.4 is 10.2 Å². The Morgan fingerprint density at radius 3 is 2.21 bits per heavy atom. The van der Waals surface area contributed by atoms with Gasteiger partial charge in [-0.3, -0.25) is 14.4 Å². The van der Waals surface area contributed by atoms with E-state index in [0.717, 1.165) is 6.42 Å². The second-order valence-electron chi connectivity index (χ2n) is 9.47. The van der Waals surface area contributed by atoms with Gasteiger partial charge in [-0.25, -0.2) is 9.69 Å². The Hall–Kier alpha value is -3.74. The first-order valence-corrected chi connectivity index (χ1v) is 11.7. The third kappa shape index (κ3) is 3.10. The van der Waals surface area contributed by atoms with Gasteiger partial charge in [0.15, 0.2) is 0 Å². The average Bonchev–Trinajstić information content (AvgIpc) is 3.63. The molecule has 1 N–H and O–H groups in total. The minimum Gasteiger partial charge on any atom is -0.462 e. The third-order valence-corrected chi connectivity index (χ3v) is 7.68. The van der Waals surface area contributed by atoms with E-state index in [1.165, 1.54) is 4.90 Å². The molecule has 3 amide bonds. The molecule has 7 heteroatoms. The number of hydrogen-bond acceptors (Lipinski definition) is 5. The lowest BCUT2D eigenvalue weighted by molar-refractivity contribution is -0.124. The van der Waals surface area contributed by atoms with Crippen LogP contribution in [0.3, 0.4) is 0 Å². The van der Waals surface area contributed by atoms with Crippen LogP contribution in [0.25, 0.3) is 0 Å². The molecule has 7 nitrogen and oxygen atoms in total. The Bertz CT molecular complexity index is 1210. The van der Waals surface area contributed by atoms with Crippen molar-refractivity contribution in [2.45, 2.75) is 13.3 Å². The summed E-state index contributed by atoms with van der Waals surface area (Å²) in [6.07, 6.45) is 5.41. The molecule has 3 fully saturated rings. The van der Waals surface area contributed by atoms with Crippen LogP contribution in [-0.2, 0) is 14.3 Å². The van der Waals surface area contributed by atoms with Crippen LogP contribution >= 0.6 is 0 Å². The molecule has 2 bridgehead atoms. The second kappa shape index (κ2) is 7.65. The van der Waals surface area contributed by atoms with Crippen molar-refractivity contribution in [2.75, 3.05) is 16.8 Å². The molecule has 7 rings (SSSR count). The smallest absolute Gasteiger partial charge is 0.338 e. The van der Waals surface area contributed by atoms with Crippen LogP contribution in [0.1, 0.15) is 34.1 Å². The number of allylic oxidation sites excluding steroid dienone is 2. The quantitative estimate of drug-likeness (QED) is 0.421. The number of carbonyl (C=O) groups is 4. The zero-order valence-electron chi connectivity index (χ0n) is 18.6. The predicted molar refractivity (Wildman–Crippen MR) is 124 cm³/mol. The number of rotatable bonds is 5. The summed E-state index contributed by atoms with van der Waals surface area (Å²) in [6, 6.07) is 13.0. The minimum absolute atomic E-state index is 0.146. The molecule has 6 unspecified atom stereocenters. The number of anilines is 2. The van der Waals surface area contributed by atoms with E-state index >= 15 is 0 Å². The fraction of sp³-hybridized carbons (Fsp3) is 0.333. The van der Waals surface area contributed by atoms with E-state index in [9.17, 15) is 19.2 Å². The Morgan fingerprint density at radius 2 is 1.59 bits per heavy atom. The molecular weight excluding hydrogens is 432 g/mol. The molecule has 1 aliphatic heterocycles. The van der Waals surface area contributed by atoms with Gasteiger partial charge in [-0.2, -0.15) is 0 Å². The van der Waals surface area contributed by atoms with E-state index in [-0.39, 0.29) is 48.0 Å². The van der Waals surface area contributed by atoms with Gasteiger partial charge >= 0.3 is 5.97 Å². The van der Waals surface area contributed by atoms with Crippen molar-refractivity contribution in [3.8, 4) is 0 Å². The maximum atomic E-state index is 13.3. The zero-order valence-corrected chi connectivity index (χ0v) is 18.6. The lowest BCUT2D eigenvalue weighted by Crippen LogP contribution is -2.40. The summed E-state index contributed by atoms with van der Waals surface area (Å²) in [5.74, 6) is -0.238. The van der Waals surface area contributed by atoms with Gasteiger partial charge in [0.05, 0.1) is 29.7 Å². The number of hydrogen-bond donors (Lipinski definition) is 1. The number of imide groups is 1. The first-order valence-electron chi connectivity index (χ1n) is 11.7. The number of amides is 3. The molecule has 34 heavy (non-hydrogen) atoms. The Kier molecular flexibility index (Phi) is 4.69. The molecule has 6 atom stereocenters. The predicted octanol–water partition coefficient (Wildman–Crippen LogP) is 3.67. The SMILES string of the molecule is CCOC(=O)c1ccc(NC(=O)c2cccc(N3C(=O)C4C5C=CC(C6CC56)C4C3=O)c2)cc1. The molecule has 5 aliphatic rings. The summed E-state index contributed by atoms with van der Waals surface area (Å²) in [5.41, 5.74) is 1.69. The molecule has 0 radical (unpaired) electrons. The van der Waals surface area contributed by atoms with Crippen molar-refractivity contribution in [3.05, 3.63) is 71.8 Å². The zero-order chi connectivity index (χ0) is 23.6. The summed E-state index contributed by atoms with van der Waals surface area (Å²) >= 11 is 0. The second-order valence-corrected chi connectivity index (χ2v) is 9.47. The summed E-state index contributed by atoms with van der Waals surface area (Å²) in [7, 11) is 0.